The number of likely N-dealkylation sites (tertiary alicyclic amines) is 1. The van der Waals surface area contributed by atoms with Crippen LogP contribution in [0.5, 0.6) is 0 Å². The van der Waals surface area contributed by atoms with Crippen LogP contribution >= 0.6 is 11.3 Å². The number of rotatable bonds is 4. The summed E-state index contributed by atoms with van der Waals surface area (Å²) in [6, 6.07) is 10.1. The summed E-state index contributed by atoms with van der Waals surface area (Å²) in [5, 5.41) is 23.0. The van der Waals surface area contributed by atoms with Crippen molar-refractivity contribution in [3.8, 4) is 16.8 Å². The molecule has 1 aliphatic rings. The van der Waals surface area contributed by atoms with Crippen molar-refractivity contribution in [2.45, 2.75) is 25.1 Å². The summed E-state index contributed by atoms with van der Waals surface area (Å²) in [7, 11) is 0. The molecule has 2 aromatic rings. The number of hydrogen-bond acceptors (Lipinski definition) is 6. The number of thiazole rings is 1. The van der Waals surface area contributed by atoms with E-state index in [1.807, 2.05) is 41.4 Å². The van der Waals surface area contributed by atoms with Gasteiger partial charge in [-0.1, -0.05) is 30.3 Å². The SMILES string of the molecule is N#CNC1CCCN(C(O)c2cnc(-c3ccccc3)s2)C1. The van der Waals surface area contributed by atoms with Gasteiger partial charge >= 0.3 is 0 Å². The molecule has 0 bridgehead atoms. The second-order valence-corrected chi connectivity index (χ2v) is 6.46. The van der Waals surface area contributed by atoms with Gasteiger partial charge in [-0.2, -0.15) is 5.26 Å². The second-order valence-electron chi connectivity index (χ2n) is 5.40. The molecule has 2 unspecified atom stereocenters. The minimum Gasteiger partial charge on any atom is -0.373 e. The number of nitrogens with zero attached hydrogens (tertiary/aromatic N) is 3. The Balaban J connectivity index is 1.71. The fourth-order valence-corrected chi connectivity index (χ4v) is 3.68. The summed E-state index contributed by atoms with van der Waals surface area (Å²) in [5.41, 5.74) is 1.06. The van der Waals surface area contributed by atoms with Crippen molar-refractivity contribution in [3.05, 3.63) is 41.4 Å². The van der Waals surface area contributed by atoms with Crippen molar-refractivity contribution in [3.63, 3.8) is 0 Å². The van der Waals surface area contributed by atoms with Crippen molar-refractivity contribution in [1.82, 2.24) is 15.2 Å². The van der Waals surface area contributed by atoms with E-state index in [9.17, 15) is 5.11 Å². The van der Waals surface area contributed by atoms with Crippen LogP contribution in [0.15, 0.2) is 36.5 Å². The molecule has 2 N–H and O–H groups in total. The van der Waals surface area contributed by atoms with Gasteiger partial charge in [0.2, 0.25) is 0 Å². The van der Waals surface area contributed by atoms with Gasteiger partial charge in [0, 0.05) is 30.9 Å². The highest BCUT2D eigenvalue weighted by Crippen LogP contribution is 2.31. The summed E-state index contributed by atoms with van der Waals surface area (Å²) in [6.45, 7) is 1.51. The average Bonchev–Trinajstić information content (AvgIpc) is 3.05. The molecule has 0 aliphatic carbocycles. The Morgan fingerprint density at radius 3 is 3.00 bits per heavy atom. The summed E-state index contributed by atoms with van der Waals surface area (Å²) in [6.07, 6.45) is 5.03. The van der Waals surface area contributed by atoms with E-state index < -0.39 is 6.23 Å². The number of nitrogens with one attached hydrogen (secondary N) is 1. The first-order valence-corrected chi connectivity index (χ1v) is 8.17. The van der Waals surface area contributed by atoms with Crippen molar-refractivity contribution in [2.75, 3.05) is 13.1 Å². The van der Waals surface area contributed by atoms with E-state index in [1.54, 1.807) is 6.20 Å². The number of aliphatic hydroxyl groups excluding tert-OH is 1. The molecule has 0 radical (unpaired) electrons. The van der Waals surface area contributed by atoms with E-state index in [2.05, 4.69) is 10.3 Å². The van der Waals surface area contributed by atoms with Gasteiger partial charge in [0.05, 0.1) is 4.88 Å². The van der Waals surface area contributed by atoms with Crippen molar-refractivity contribution < 1.29 is 5.11 Å². The number of benzene rings is 1. The van der Waals surface area contributed by atoms with Crippen LogP contribution in [0.3, 0.4) is 0 Å². The third-order valence-electron chi connectivity index (χ3n) is 3.87. The summed E-state index contributed by atoms with van der Waals surface area (Å²) in [4.78, 5) is 7.27. The van der Waals surface area contributed by atoms with Gasteiger partial charge in [-0.3, -0.25) is 4.90 Å². The van der Waals surface area contributed by atoms with E-state index in [1.165, 1.54) is 11.3 Å². The molecule has 2 atom stereocenters. The molecule has 1 fully saturated rings. The Labute approximate surface area is 133 Å². The maximum absolute atomic E-state index is 10.6. The van der Waals surface area contributed by atoms with E-state index in [0.717, 1.165) is 34.8 Å². The standard InChI is InChI=1S/C16H18N4OS/c17-11-19-13-7-4-8-20(10-13)16(21)14-9-18-15(22-14)12-5-2-1-3-6-12/h1-3,5-6,9,13,16,19,21H,4,7-8,10H2. The van der Waals surface area contributed by atoms with Gasteiger partial charge in [0.1, 0.15) is 11.2 Å². The van der Waals surface area contributed by atoms with Gasteiger partial charge in [-0.25, -0.2) is 4.98 Å². The highest BCUT2D eigenvalue weighted by atomic mass is 32.1. The Hall–Kier alpha value is -1.94. The molecule has 0 amide bonds. The van der Waals surface area contributed by atoms with E-state index >= 15 is 0 Å². The number of hydrogen-bond donors (Lipinski definition) is 2. The molecule has 22 heavy (non-hydrogen) atoms. The lowest BCUT2D eigenvalue weighted by atomic mass is 10.1. The molecular formula is C16H18N4OS. The topological polar surface area (TPSA) is 72.2 Å². The molecule has 114 valence electrons. The summed E-state index contributed by atoms with van der Waals surface area (Å²) in [5.74, 6) is 0. The zero-order valence-electron chi connectivity index (χ0n) is 12.1. The first kappa shape index (κ1) is 15.0. The minimum atomic E-state index is -0.654. The predicted octanol–water partition coefficient (Wildman–Crippen LogP) is 2.34. The zero-order chi connectivity index (χ0) is 15.4. The van der Waals surface area contributed by atoms with Crippen LogP contribution in [-0.4, -0.2) is 34.1 Å². The van der Waals surface area contributed by atoms with Crippen LogP contribution in [0.4, 0.5) is 0 Å². The molecule has 1 aliphatic heterocycles. The maximum Gasteiger partial charge on any atom is 0.176 e. The van der Waals surface area contributed by atoms with Gasteiger partial charge in [-0.05, 0) is 12.8 Å². The molecule has 1 aromatic heterocycles. The van der Waals surface area contributed by atoms with E-state index in [-0.39, 0.29) is 6.04 Å². The third kappa shape index (κ3) is 3.28. The molecule has 0 spiro atoms. The van der Waals surface area contributed by atoms with Crippen LogP contribution in [0.25, 0.3) is 10.6 Å². The van der Waals surface area contributed by atoms with Crippen LogP contribution in [0, 0.1) is 11.5 Å². The smallest absolute Gasteiger partial charge is 0.176 e. The zero-order valence-corrected chi connectivity index (χ0v) is 13.0. The fraction of sp³-hybridized carbons (Fsp3) is 0.375. The Morgan fingerprint density at radius 1 is 1.41 bits per heavy atom. The molecule has 1 aromatic carbocycles. The molecule has 2 heterocycles. The molecule has 3 rings (SSSR count). The summed E-state index contributed by atoms with van der Waals surface area (Å²) < 4.78 is 0. The van der Waals surface area contributed by atoms with Crippen molar-refractivity contribution in [2.24, 2.45) is 0 Å². The summed E-state index contributed by atoms with van der Waals surface area (Å²) >= 11 is 1.51. The lowest BCUT2D eigenvalue weighted by Crippen LogP contribution is -2.45. The quantitative estimate of drug-likeness (QED) is 0.669. The van der Waals surface area contributed by atoms with Crippen LogP contribution in [0.2, 0.25) is 0 Å². The largest absolute Gasteiger partial charge is 0.373 e. The van der Waals surface area contributed by atoms with Gasteiger partial charge in [0.25, 0.3) is 0 Å². The van der Waals surface area contributed by atoms with Gasteiger partial charge < -0.3 is 10.4 Å². The molecule has 5 nitrogen and oxygen atoms in total. The van der Waals surface area contributed by atoms with Crippen molar-refractivity contribution >= 4 is 11.3 Å². The average molecular weight is 314 g/mol. The number of nitriles is 1. The third-order valence-corrected chi connectivity index (χ3v) is 4.95. The first-order chi connectivity index (χ1) is 10.8. The highest BCUT2D eigenvalue weighted by molar-refractivity contribution is 7.15. The molecule has 1 saturated heterocycles. The highest BCUT2D eigenvalue weighted by Gasteiger charge is 2.26. The molecule has 0 saturated carbocycles. The monoisotopic (exact) mass is 314 g/mol. The van der Waals surface area contributed by atoms with E-state index in [0.29, 0.717) is 6.54 Å². The fourth-order valence-electron chi connectivity index (χ4n) is 2.74. The van der Waals surface area contributed by atoms with E-state index in [4.69, 9.17) is 5.26 Å². The van der Waals surface area contributed by atoms with Crippen LogP contribution in [0.1, 0.15) is 23.9 Å². The van der Waals surface area contributed by atoms with Crippen LogP contribution in [-0.2, 0) is 0 Å². The second kappa shape index (κ2) is 6.88. The van der Waals surface area contributed by atoms with Gasteiger partial charge in [0.15, 0.2) is 6.19 Å². The predicted molar refractivity (Wildman–Crippen MR) is 85.9 cm³/mol. The molecular weight excluding hydrogens is 296 g/mol. The van der Waals surface area contributed by atoms with Gasteiger partial charge in [-0.15, -0.1) is 11.3 Å². The maximum atomic E-state index is 10.6. The number of piperidine rings is 1. The normalized spacial score (nSPS) is 20.3. The lowest BCUT2D eigenvalue weighted by Gasteiger charge is -2.34. The Bertz CT molecular complexity index is 652. The minimum absolute atomic E-state index is 0.120. The lowest BCUT2D eigenvalue weighted by molar-refractivity contribution is -0.0140. The Morgan fingerprint density at radius 2 is 2.23 bits per heavy atom. The number of aliphatic hydroxyl groups is 1. The Kier molecular flexibility index (Phi) is 4.68. The molecule has 6 heteroatoms. The van der Waals surface area contributed by atoms with Crippen molar-refractivity contribution in [1.29, 1.82) is 5.26 Å². The van der Waals surface area contributed by atoms with Crippen LogP contribution < -0.4 is 5.32 Å². The first-order valence-electron chi connectivity index (χ1n) is 7.36. The number of aromatic nitrogens is 1.